The molecule has 1 N–H and O–H groups in total. The van der Waals surface area contributed by atoms with E-state index in [2.05, 4.69) is 98.8 Å². The number of aryl methyl sites for hydroxylation is 1. The van der Waals surface area contributed by atoms with Crippen LogP contribution < -0.4 is 0 Å². The van der Waals surface area contributed by atoms with Crippen molar-refractivity contribution in [3.63, 3.8) is 0 Å². The van der Waals surface area contributed by atoms with E-state index in [4.69, 9.17) is 9.97 Å². The molecule has 0 aliphatic heterocycles. The first-order chi connectivity index (χ1) is 25.3. The van der Waals surface area contributed by atoms with Gasteiger partial charge in [-0.3, -0.25) is 9.78 Å². The van der Waals surface area contributed by atoms with E-state index in [1.807, 2.05) is 39.0 Å². The molecular weight excluding hydrogens is 849 g/mol. The first kappa shape index (κ1) is 40.2. The zero-order chi connectivity index (χ0) is 36.8. The second kappa shape index (κ2) is 18.4. The number of hydrogen-bond donors (Lipinski definition) is 1. The maximum atomic E-state index is 11.7. The van der Waals surface area contributed by atoms with E-state index in [-0.39, 0.29) is 43.5 Å². The van der Waals surface area contributed by atoms with Crippen LogP contribution in [-0.4, -0.2) is 20.9 Å². The summed E-state index contributed by atoms with van der Waals surface area (Å²) in [4.78, 5) is 22.8. The molecule has 4 aromatic carbocycles. The van der Waals surface area contributed by atoms with Gasteiger partial charge >= 0.3 is 0 Å². The summed E-state index contributed by atoms with van der Waals surface area (Å²) in [7, 11) is 0. The Labute approximate surface area is 333 Å². The Balaban J connectivity index is 0.000000290. The van der Waals surface area contributed by atoms with Gasteiger partial charge in [-0.05, 0) is 73.1 Å². The van der Waals surface area contributed by atoms with Crippen LogP contribution in [0.3, 0.4) is 0 Å². The number of aliphatic hydroxyl groups is 1. The zero-order valence-corrected chi connectivity index (χ0v) is 35.0. The Morgan fingerprint density at radius 3 is 2.25 bits per heavy atom. The van der Waals surface area contributed by atoms with E-state index in [1.54, 1.807) is 6.33 Å². The third-order valence-electron chi connectivity index (χ3n) is 10.5. The molecule has 277 valence electrons. The van der Waals surface area contributed by atoms with Crippen molar-refractivity contribution >= 4 is 38.1 Å². The van der Waals surface area contributed by atoms with Crippen molar-refractivity contribution in [3.05, 3.63) is 119 Å². The minimum Gasteiger partial charge on any atom is -0.512 e. The molecular formula is C47H51IrN2O2S-. The first-order valence-electron chi connectivity index (χ1n) is 19.1. The monoisotopic (exact) mass is 900 g/mol. The molecule has 2 heterocycles. The number of allylic oxidation sites excluding steroid dienone is 2. The molecule has 0 spiro atoms. The number of carbonyl (C=O) groups is 1. The van der Waals surface area contributed by atoms with Gasteiger partial charge in [-0.15, -0.1) is 34.9 Å². The van der Waals surface area contributed by atoms with Gasteiger partial charge in [0.25, 0.3) is 0 Å². The maximum absolute atomic E-state index is 11.7. The van der Waals surface area contributed by atoms with Gasteiger partial charge in [0.2, 0.25) is 0 Å². The van der Waals surface area contributed by atoms with Crippen LogP contribution >= 0.6 is 11.3 Å². The molecule has 6 heteroatoms. The van der Waals surface area contributed by atoms with Crippen LogP contribution in [0.4, 0.5) is 0 Å². The topological polar surface area (TPSA) is 63.1 Å². The average molecular weight is 900 g/mol. The molecule has 1 radical (unpaired) electrons. The number of carbonyl (C=O) groups excluding carboxylic acids is 1. The smallest absolute Gasteiger partial charge is 0.162 e. The van der Waals surface area contributed by atoms with E-state index < -0.39 is 0 Å². The number of rotatable bonds is 11. The summed E-state index contributed by atoms with van der Waals surface area (Å²) < 4.78 is 1.17. The number of fused-ring (bicyclic) bond motifs is 6. The van der Waals surface area contributed by atoms with Crippen LogP contribution in [0.1, 0.15) is 83.2 Å². The van der Waals surface area contributed by atoms with E-state index in [0.29, 0.717) is 5.92 Å². The molecule has 0 bridgehead atoms. The van der Waals surface area contributed by atoms with Gasteiger partial charge in [-0.1, -0.05) is 125 Å². The van der Waals surface area contributed by atoms with E-state index in [1.165, 1.54) is 54.4 Å². The number of nitrogens with zero attached hydrogens (tertiary/aromatic N) is 2. The van der Waals surface area contributed by atoms with Crippen LogP contribution in [0.15, 0.2) is 97.0 Å². The number of aromatic nitrogens is 2. The summed E-state index contributed by atoms with van der Waals surface area (Å²) in [6.45, 7) is 12.7. The summed E-state index contributed by atoms with van der Waals surface area (Å²) in [5, 5.41) is 12.1. The molecule has 0 saturated heterocycles. The molecule has 0 fully saturated rings. The Hall–Kier alpha value is -3.96. The van der Waals surface area contributed by atoms with Crippen molar-refractivity contribution in [2.24, 2.45) is 17.8 Å². The Kier molecular flexibility index (Phi) is 14.0. The Morgan fingerprint density at radius 2 is 1.55 bits per heavy atom. The van der Waals surface area contributed by atoms with Gasteiger partial charge < -0.3 is 5.11 Å². The third-order valence-corrected chi connectivity index (χ3v) is 11.8. The number of thiophene rings is 1. The van der Waals surface area contributed by atoms with Crippen molar-refractivity contribution < 1.29 is 30.0 Å². The van der Waals surface area contributed by atoms with Gasteiger partial charge in [0.05, 0.1) is 11.3 Å². The minimum atomic E-state index is 0. The third kappa shape index (κ3) is 8.72. The summed E-state index contributed by atoms with van der Waals surface area (Å²) in [6, 6.07) is 31.9. The molecule has 0 atom stereocenters. The van der Waals surface area contributed by atoms with Gasteiger partial charge in [0.15, 0.2) is 5.78 Å². The zero-order valence-electron chi connectivity index (χ0n) is 31.8. The van der Waals surface area contributed by atoms with Crippen molar-refractivity contribution in [2.75, 3.05) is 0 Å². The summed E-state index contributed by atoms with van der Waals surface area (Å²) in [5.74, 6) is 1.19. The van der Waals surface area contributed by atoms with Gasteiger partial charge in [-0.2, -0.15) is 0 Å². The Bertz CT molecular complexity index is 2200. The second-order valence-corrected chi connectivity index (χ2v) is 15.5. The number of hydrogen-bond acceptors (Lipinski definition) is 5. The van der Waals surface area contributed by atoms with Crippen molar-refractivity contribution in [1.82, 2.24) is 9.97 Å². The summed E-state index contributed by atoms with van der Waals surface area (Å²) in [5.41, 5.74) is 11.2. The van der Waals surface area contributed by atoms with Gasteiger partial charge in [0, 0.05) is 58.9 Å². The van der Waals surface area contributed by atoms with E-state index >= 15 is 0 Å². The van der Waals surface area contributed by atoms with Crippen LogP contribution in [-0.2, 0) is 44.2 Å². The number of ketones is 1. The standard InChI is InChI=1S/C34H27N2S.C13H24O2.Ir/c1-21(2)17-23-12-8-14-28-27(23)15-16-30-31(28)33-34(37-30)32(35-20-36-33)25-18-24-11-6-7-13-26(24)29(19-25)22-9-4-3-5-10-22;1-5-10(6-2)12(14)9-13(15)11(7-3)8-4;/h3-14,19-21H,15-17H2,1-2H3;9-11,14H,5-8H2,1-4H3;/q-1;;/b;12-9-;. The molecule has 4 nitrogen and oxygen atoms in total. The molecule has 1 aliphatic rings. The van der Waals surface area contributed by atoms with Crippen molar-refractivity contribution in [1.29, 1.82) is 0 Å². The molecule has 6 aromatic rings. The largest absolute Gasteiger partial charge is 0.512 e. The average Bonchev–Trinajstić information content (AvgIpc) is 3.55. The van der Waals surface area contributed by atoms with Crippen LogP contribution in [0.25, 0.3) is 54.5 Å². The van der Waals surface area contributed by atoms with Crippen LogP contribution in [0.5, 0.6) is 0 Å². The number of aliphatic hydroxyl groups excluding tert-OH is 1. The minimum absolute atomic E-state index is 0. The van der Waals surface area contributed by atoms with Crippen LogP contribution in [0, 0.1) is 23.8 Å². The molecule has 0 amide bonds. The molecule has 0 saturated carbocycles. The van der Waals surface area contributed by atoms with Crippen molar-refractivity contribution in [2.45, 2.75) is 86.5 Å². The fourth-order valence-electron chi connectivity index (χ4n) is 7.63. The molecule has 0 unspecified atom stereocenters. The van der Waals surface area contributed by atoms with E-state index in [0.717, 1.165) is 67.1 Å². The van der Waals surface area contributed by atoms with Gasteiger partial charge in [0.1, 0.15) is 6.33 Å². The summed E-state index contributed by atoms with van der Waals surface area (Å²) >= 11 is 1.87. The molecule has 7 rings (SSSR count). The van der Waals surface area contributed by atoms with Gasteiger partial charge in [-0.25, -0.2) is 4.98 Å². The number of benzene rings is 4. The maximum Gasteiger partial charge on any atom is 0.162 e. The van der Waals surface area contributed by atoms with Crippen molar-refractivity contribution in [3.8, 4) is 33.5 Å². The Morgan fingerprint density at radius 1 is 0.849 bits per heavy atom. The predicted octanol–water partition coefficient (Wildman–Crippen LogP) is 12.8. The SMILES string of the molecule is CC(C)Cc1cccc2c1CCc1sc3c(-c4[c-]c5ccccc5c(-c5ccccc5)c4)ncnc3c1-2.CCC(CC)C(=O)/C=C(\O)C(CC)CC.[Ir]. The normalized spacial score (nSPS) is 12.4. The fraction of sp³-hybridized carbons (Fsp3) is 0.340. The quantitative estimate of drug-likeness (QED) is 0.0799. The van der Waals surface area contributed by atoms with Crippen LogP contribution in [0.2, 0.25) is 0 Å². The fourth-order valence-corrected chi connectivity index (χ4v) is 8.90. The first-order valence-corrected chi connectivity index (χ1v) is 19.9. The van der Waals surface area contributed by atoms with E-state index in [9.17, 15) is 9.90 Å². The molecule has 53 heavy (non-hydrogen) atoms. The summed E-state index contributed by atoms with van der Waals surface area (Å²) in [6.07, 6.45) is 9.93. The molecule has 2 aromatic heterocycles. The second-order valence-electron chi connectivity index (χ2n) is 14.3. The molecule has 1 aliphatic carbocycles. The predicted molar refractivity (Wildman–Crippen MR) is 220 cm³/mol.